The first-order chi connectivity index (χ1) is 10.9. The van der Waals surface area contributed by atoms with Crippen molar-refractivity contribution >= 4 is 17.3 Å². The number of carboxylic acid groups (broad SMARTS) is 1. The third-order valence-electron chi connectivity index (χ3n) is 3.82. The zero-order valence-corrected chi connectivity index (χ0v) is 14.9. The highest BCUT2D eigenvalue weighted by Gasteiger charge is 2.15. The second-order valence-corrected chi connectivity index (χ2v) is 7.21. The summed E-state index contributed by atoms with van der Waals surface area (Å²) in [5, 5.41) is 12.0. The maximum atomic E-state index is 10.9. The molecule has 1 N–H and O–H groups in total. The summed E-state index contributed by atoms with van der Waals surface area (Å²) in [6.45, 7) is 7.28. The van der Waals surface area contributed by atoms with Crippen LogP contribution in [0.4, 0.5) is 0 Å². The largest absolute Gasteiger partial charge is 0.481 e. The summed E-state index contributed by atoms with van der Waals surface area (Å²) in [6.07, 6.45) is 0. The predicted octanol–water partition coefficient (Wildman–Crippen LogP) is 4.09. The Morgan fingerprint density at radius 2 is 1.91 bits per heavy atom. The Balaban J connectivity index is 2.01. The van der Waals surface area contributed by atoms with Gasteiger partial charge in [-0.05, 0) is 18.5 Å². The van der Waals surface area contributed by atoms with Crippen LogP contribution in [0.2, 0.25) is 0 Å². The summed E-state index contributed by atoms with van der Waals surface area (Å²) in [5.41, 5.74) is 3.44. The zero-order chi connectivity index (χ0) is 17.0. The van der Waals surface area contributed by atoms with Crippen LogP contribution in [0.3, 0.4) is 0 Å². The lowest BCUT2D eigenvalue weighted by Crippen LogP contribution is -2.28. The van der Waals surface area contributed by atoms with Gasteiger partial charge in [-0.15, -0.1) is 11.3 Å². The number of aromatic nitrogens is 1. The molecule has 1 heterocycles. The van der Waals surface area contributed by atoms with Crippen molar-refractivity contribution in [3.63, 3.8) is 0 Å². The van der Waals surface area contributed by atoms with Gasteiger partial charge >= 0.3 is 5.97 Å². The summed E-state index contributed by atoms with van der Waals surface area (Å²) in [7, 11) is 1.93. The van der Waals surface area contributed by atoms with E-state index in [1.165, 1.54) is 5.56 Å². The molecule has 0 saturated heterocycles. The van der Waals surface area contributed by atoms with Crippen LogP contribution >= 0.6 is 11.3 Å². The van der Waals surface area contributed by atoms with Crippen molar-refractivity contribution in [2.75, 3.05) is 13.6 Å². The Kier molecular flexibility index (Phi) is 5.91. The monoisotopic (exact) mass is 332 g/mol. The van der Waals surface area contributed by atoms with Gasteiger partial charge in [0.1, 0.15) is 5.01 Å². The molecule has 0 saturated carbocycles. The standard InChI is InChI=1S/C18H24N2O2S/c1-12(2)14-5-7-15(8-6-14)17-19-16(11-23-17)10-20(4)9-13(3)18(21)22/h5-8,11-13H,9-10H2,1-4H3,(H,21,22). The molecule has 1 unspecified atom stereocenters. The molecule has 0 aliphatic rings. The highest BCUT2D eigenvalue weighted by molar-refractivity contribution is 7.13. The van der Waals surface area contributed by atoms with Crippen molar-refractivity contribution in [1.29, 1.82) is 0 Å². The van der Waals surface area contributed by atoms with Crippen LogP contribution in [0.15, 0.2) is 29.6 Å². The molecule has 1 atom stereocenters. The van der Waals surface area contributed by atoms with E-state index in [0.29, 0.717) is 19.0 Å². The SMILES string of the molecule is CC(CN(C)Cc1csc(-c2ccc(C(C)C)cc2)n1)C(=O)O. The first-order valence-corrected chi connectivity index (χ1v) is 8.71. The van der Waals surface area contributed by atoms with Crippen LogP contribution in [0.25, 0.3) is 10.6 Å². The highest BCUT2D eigenvalue weighted by atomic mass is 32.1. The molecule has 23 heavy (non-hydrogen) atoms. The summed E-state index contributed by atoms with van der Waals surface area (Å²) in [5.74, 6) is -0.608. The molecule has 2 aromatic rings. The van der Waals surface area contributed by atoms with Gasteiger partial charge < -0.3 is 5.11 Å². The molecular formula is C18H24N2O2S. The zero-order valence-electron chi connectivity index (χ0n) is 14.1. The first-order valence-electron chi connectivity index (χ1n) is 7.83. The topological polar surface area (TPSA) is 53.4 Å². The second-order valence-electron chi connectivity index (χ2n) is 6.36. The molecule has 2 rings (SSSR count). The molecule has 124 valence electrons. The maximum absolute atomic E-state index is 10.9. The molecule has 0 radical (unpaired) electrons. The summed E-state index contributed by atoms with van der Waals surface area (Å²) in [4.78, 5) is 17.6. The number of carbonyl (C=O) groups is 1. The molecule has 1 aromatic heterocycles. The number of hydrogen-bond donors (Lipinski definition) is 1. The predicted molar refractivity (Wildman–Crippen MR) is 94.8 cm³/mol. The van der Waals surface area contributed by atoms with Gasteiger partial charge in [0.05, 0.1) is 11.6 Å². The third-order valence-corrected chi connectivity index (χ3v) is 4.76. The summed E-state index contributed by atoms with van der Waals surface area (Å²) < 4.78 is 0. The fourth-order valence-electron chi connectivity index (χ4n) is 2.41. The quantitative estimate of drug-likeness (QED) is 0.830. The fourth-order valence-corrected chi connectivity index (χ4v) is 3.23. The number of hydrogen-bond acceptors (Lipinski definition) is 4. The number of thiazole rings is 1. The molecule has 4 nitrogen and oxygen atoms in total. The lowest BCUT2D eigenvalue weighted by atomic mass is 10.0. The van der Waals surface area contributed by atoms with E-state index in [1.54, 1.807) is 18.3 Å². The summed E-state index contributed by atoms with van der Waals surface area (Å²) in [6, 6.07) is 8.55. The second kappa shape index (κ2) is 7.70. The van der Waals surface area contributed by atoms with Crippen molar-refractivity contribution in [1.82, 2.24) is 9.88 Å². The maximum Gasteiger partial charge on any atom is 0.307 e. The first kappa shape index (κ1) is 17.6. The van der Waals surface area contributed by atoms with E-state index in [9.17, 15) is 4.79 Å². The molecule has 5 heteroatoms. The van der Waals surface area contributed by atoms with Crippen LogP contribution in [0, 0.1) is 5.92 Å². The number of rotatable bonds is 7. The molecule has 0 aliphatic carbocycles. The Bertz CT molecular complexity index is 649. The number of aliphatic carboxylic acids is 1. The van der Waals surface area contributed by atoms with E-state index in [2.05, 4.69) is 43.1 Å². The Morgan fingerprint density at radius 3 is 2.48 bits per heavy atom. The minimum atomic E-state index is -0.763. The molecule has 0 aliphatic heterocycles. The van der Waals surface area contributed by atoms with Gasteiger partial charge in [-0.25, -0.2) is 4.98 Å². The van der Waals surface area contributed by atoms with Crippen molar-refractivity contribution in [3.8, 4) is 10.6 Å². The molecule has 0 bridgehead atoms. The number of nitrogens with zero attached hydrogens (tertiary/aromatic N) is 2. The Hall–Kier alpha value is -1.72. The average molecular weight is 332 g/mol. The third kappa shape index (κ3) is 4.88. The van der Waals surface area contributed by atoms with E-state index >= 15 is 0 Å². The van der Waals surface area contributed by atoms with Gasteiger partial charge in [0.25, 0.3) is 0 Å². The lowest BCUT2D eigenvalue weighted by molar-refractivity contribution is -0.141. The Labute approximate surface area is 141 Å². The number of carboxylic acids is 1. The van der Waals surface area contributed by atoms with Gasteiger partial charge in [0.2, 0.25) is 0 Å². The van der Waals surface area contributed by atoms with E-state index < -0.39 is 5.97 Å². The van der Waals surface area contributed by atoms with Gasteiger partial charge in [-0.1, -0.05) is 45.0 Å². The minimum Gasteiger partial charge on any atom is -0.481 e. The molecular weight excluding hydrogens is 308 g/mol. The Morgan fingerprint density at radius 1 is 1.26 bits per heavy atom. The highest BCUT2D eigenvalue weighted by Crippen LogP contribution is 2.26. The van der Waals surface area contributed by atoms with Crippen LogP contribution in [-0.2, 0) is 11.3 Å². The molecule has 1 aromatic carbocycles. The van der Waals surface area contributed by atoms with Crippen molar-refractivity contribution in [3.05, 3.63) is 40.9 Å². The van der Waals surface area contributed by atoms with E-state index in [1.807, 2.05) is 17.3 Å². The van der Waals surface area contributed by atoms with Crippen LogP contribution in [0.5, 0.6) is 0 Å². The average Bonchev–Trinajstić information content (AvgIpc) is 2.95. The smallest absolute Gasteiger partial charge is 0.307 e. The van der Waals surface area contributed by atoms with Gasteiger partial charge in [-0.2, -0.15) is 0 Å². The fraction of sp³-hybridized carbons (Fsp3) is 0.444. The van der Waals surface area contributed by atoms with Crippen LogP contribution < -0.4 is 0 Å². The van der Waals surface area contributed by atoms with Gasteiger partial charge in [0.15, 0.2) is 0 Å². The van der Waals surface area contributed by atoms with Crippen molar-refractivity contribution in [2.45, 2.75) is 33.2 Å². The van der Waals surface area contributed by atoms with Gasteiger partial charge in [-0.3, -0.25) is 9.69 Å². The summed E-state index contributed by atoms with van der Waals surface area (Å²) >= 11 is 1.63. The van der Waals surface area contributed by atoms with E-state index in [0.717, 1.165) is 16.3 Å². The van der Waals surface area contributed by atoms with Crippen LogP contribution in [0.1, 0.15) is 37.9 Å². The van der Waals surface area contributed by atoms with E-state index in [4.69, 9.17) is 5.11 Å². The molecule has 0 fully saturated rings. The van der Waals surface area contributed by atoms with Gasteiger partial charge in [0, 0.05) is 24.0 Å². The van der Waals surface area contributed by atoms with Crippen molar-refractivity contribution < 1.29 is 9.90 Å². The molecule has 0 amide bonds. The van der Waals surface area contributed by atoms with Crippen LogP contribution in [-0.4, -0.2) is 34.6 Å². The van der Waals surface area contributed by atoms with Crippen molar-refractivity contribution in [2.24, 2.45) is 5.92 Å². The molecule has 0 spiro atoms. The number of benzene rings is 1. The minimum absolute atomic E-state index is 0.373. The van der Waals surface area contributed by atoms with E-state index in [-0.39, 0.29) is 5.92 Å². The lowest BCUT2D eigenvalue weighted by Gasteiger charge is -2.17. The normalized spacial score (nSPS) is 12.8.